The smallest absolute Gasteiger partial charge is 0.161 e. The largest absolute Gasteiger partial charge is 0.493 e. The Bertz CT molecular complexity index is 1020. The van der Waals surface area contributed by atoms with E-state index in [4.69, 9.17) is 23.2 Å². The molecule has 4 heteroatoms. The third-order valence-electron chi connectivity index (χ3n) is 3.74. The van der Waals surface area contributed by atoms with Gasteiger partial charge in [0.15, 0.2) is 11.5 Å². The highest BCUT2D eigenvalue weighted by Crippen LogP contribution is 2.43. The molecule has 0 amide bonds. The normalized spacial score (nSPS) is 50.6. The number of hydrogen-bond acceptors (Lipinski definition) is 4. The van der Waals surface area contributed by atoms with Gasteiger partial charge in [0.2, 0.25) is 0 Å². The summed E-state index contributed by atoms with van der Waals surface area (Å²) in [4.78, 5) is 0.476. The molecule has 0 saturated carbocycles. The minimum atomic E-state index is -3.42. The molecule has 3 unspecified atom stereocenters. The maximum absolute atomic E-state index is 11.2. The van der Waals surface area contributed by atoms with Crippen molar-refractivity contribution < 1.29 is 29.7 Å². The first-order valence-corrected chi connectivity index (χ1v) is 7.48. The van der Waals surface area contributed by atoms with Crippen LogP contribution in [0.25, 0.3) is 0 Å². The van der Waals surface area contributed by atoms with E-state index in [-0.39, 0.29) is 12.3 Å². The molecule has 1 fully saturated rings. The van der Waals surface area contributed by atoms with Gasteiger partial charge in [-0.25, -0.2) is 0 Å². The standard InChI is InChI=1S/C19H29NO3/c1-12(2)7-14-11-20-6-5-13-8-18(22-3)19(23-4)9-15(13)16(20)10-17(14)21/h8-9,12,14,16-17,21H,5-7,10-11H2,1-4H3/i5D2,6D2,8D,9D,10D2,14D,16D,17D. The fourth-order valence-electron chi connectivity index (χ4n) is 2.71. The zero-order valence-electron chi connectivity index (χ0n) is 24.7. The molecule has 4 nitrogen and oxygen atoms in total. The van der Waals surface area contributed by atoms with Crippen LogP contribution in [0.4, 0.5) is 0 Å². The van der Waals surface area contributed by atoms with Gasteiger partial charge in [0, 0.05) is 28.7 Å². The molecule has 128 valence electrons. The first kappa shape index (κ1) is 7.75. The second-order valence-electron chi connectivity index (χ2n) is 5.91. The Morgan fingerprint density at radius 1 is 1.39 bits per heavy atom. The summed E-state index contributed by atoms with van der Waals surface area (Å²) in [6.45, 7) is -0.692. The monoisotopic (exact) mass is 330 g/mol. The predicted molar refractivity (Wildman–Crippen MR) is 91.1 cm³/mol. The molecule has 0 spiro atoms. The second kappa shape index (κ2) is 6.70. The van der Waals surface area contributed by atoms with Crippen LogP contribution in [-0.2, 0) is 6.37 Å². The number of ether oxygens (including phenoxy) is 2. The molecule has 0 bridgehead atoms. The number of nitrogens with zero attached hydrogens (tertiary/aromatic N) is 1. The van der Waals surface area contributed by atoms with Crippen LogP contribution in [0.3, 0.4) is 0 Å². The summed E-state index contributed by atoms with van der Waals surface area (Å²) >= 11 is 0. The minimum absolute atomic E-state index is 0.242. The summed E-state index contributed by atoms with van der Waals surface area (Å²) < 4.78 is 106. The number of aliphatic hydroxyl groups is 1. The van der Waals surface area contributed by atoms with Crippen molar-refractivity contribution in [2.75, 3.05) is 27.3 Å². The number of methoxy groups -OCH3 is 2. The van der Waals surface area contributed by atoms with Gasteiger partial charge in [-0.05, 0) is 54.2 Å². The molecular formula is C19H29NO3. The zero-order chi connectivity index (χ0) is 26.4. The Kier molecular flexibility index (Phi) is 2.26. The van der Waals surface area contributed by atoms with Crippen molar-refractivity contribution in [3.63, 3.8) is 0 Å². The summed E-state index contributed by atoms with van der Waals surface area (Å²) in [6.07, 6.45) is -9.99. The van der Waals surface area contributed by atoms with E-state index in [0.29, 0.717) is 4.90 Å². The van der Waals surface area contributed by atoms with E-state index in [0.717, 1.165) is 14.2 Å². The summed E-state index contributed by atoms with van der Waals surface area (Å²) in [7, 11) is 2.28. The highest BCUT2D eigenvalue weighted by molar-refractivity contribution is 5.49. The summed E-state index contributed by atoms with van der Waals surface area (Å²) in [5, 5.41) is 11.2. The summed E-state index contributed by atoms with van der Waals surface area (Å²) in [5.74, 6) is -3.46. The zero-order valence-corrected chi connectivity index (χ0v) is 13.7. The van der Waals surface area contributed by atoms with Gasteiger partial charge in [-0.15, -0.1) is 0 Å². The lowest BCUT2D eigenvalue weighted by molar-refractivity contribution is -0.0191. The molecule has 2 aliphatic heterocycles. The molecule has 2 aliphatic rings. The number of benzene rings is 1. The van der Waals surface area contributed by atoms with Gasteiger partial charge in [-0.3, -0.25) is 4.90 Å². The number of rotatable bonds is 4. The number of fused-ring (bicyclic) bond motifs is 3. The average Bonchev–Trinajstić information content (AvgIpc) is 2.69. The first-order valence-electron chi connectivity index (χ1n) is 13.0. The Hall–Kier alpha value is -1.26. The predicted octanol–water partition coefficient (Wildman–Crippen LogP) is 3.03. The fourth-order valence-corrected chi connectivity index (χ4v) is 2.71. The van der Waals surface area contributed by atoms with Crippen molar-refractivity contribution in [1.29, 1.82) is 0 Å². The van der Waals surface area contributed by atoms with Gasteiger partial charge in [0.05, 0.1) is 25.8 Å². The van der Waals surface area contributed by atoms with Gasteiger partial charge < -0.3 is 14.6 Å². The molecule has 1 aromatic rings. The number of piperidine rings is 1. The van der Waals surface area contributed by atoms with Gasteiger partial charge in [0.25, 0.3) is 0 Å². The molecule has 1 saturated heterocycles. The molecule has 2 heterocycles. The first-order chi connectivity index (χ1) is 15.2. The van der Waals surface area contributed by atoms with E-state index in [1.54, 1.807) is 13.8 Å². The van der Waals surface area contributed by atoms with Gasteiger partial charge in [0.1, 0.15) is 0 Å². The third-order valence-corrected chi connectivity index (χ3v) is 3.74. The molecule has 3 atom stereocenters. The van der Waals surface area contributed by atoms with E-state index in [9.17, 15) is 6.48 Å². The molecule has 1 N–H and O–H groups in total. The van der Waals surface area contributed by atoms with Gasteiger partial charge in [-0.2, -0.15) is 0 Å². The Morgan fingerprint density at radius 2 is 2.09 bits per heavy atom. The lowest BCUT2D eigenvalue weighted by atomic mass is 9.79. The lowest BCUT2D eigenvalue weighted by Gasteiger charge is -2.46. The van der Waals surface area contributed by atoms with E-state index in [1.165, 1.54) is 0 Å². The minimum Gasteiger partial charge on any atom is -0.493 e. The molecule has 0 aliphatic carbocycles. The van der Waals surface area contributed by atoms with Crippen molar-refractivity contribution in [3.8, 4) is 11.5 Å². The van der Waals surface area contributed by atoms with Crippen molar-refractivity contribution in [1.82, 2.24) is 4.90 Å². The third kappa shape index (κ3) is 3.20. The van der Waals surface area contributed by atoms with Gasteiger partial charge >= 0.3 is 0 Å². The second-order valence-corrected chi connectivity index (χ2v) is 5.91. The van der Waals surface area contributed by atoms with Gasteiger partial charge in [-0.1, -0.05) is 13.8 Å². The Labute approximate surface area is 154 Å². The topological polar surface area (TPSA) is 41.9 Å². The van der Waals surface area contributed by atoms with Crippen molar-refractivity contribution >= 4 is 0 Å². The average molecular weight is 331 g/mol. The maximum atomic E-state index is 11.2. The van der Waals surface area contributed by atoms with Crippen molar-refractivity contribution in [2.24, 2.45) is 11.8 Å². The van der Waals surface area contributed by atoms with Crippen LogP contribution in [0, 0.1) is 11.8 Å². The van der Waals surface area contributed by atoms with Crippen molar-refractivity contribution in [3.05, 3.63) is 23.2 Å². The maximum Gasteiger partial charge on any atom is 0.161 e. The van der Waals surface area contributed by atoms with Crippen LogP contribution in [0.1, 0.15) is 58.9 Å². The fraction of sp³-hybridized carbons (Fsp3) is 0.684. The van der Waals surface area contributed by atoms with Crippen molar-refractivity contribution in [2.45, 2.75) is 45.1 Å². The van der Waals surface area contributed by atoms with Crippen LogP contribution < -0.4 is 9.47 Å². The summed E-state index contributed by atoms with van der Waals surface area (Å²) in [5.41, 5.74) is -1.55. The number of hydrogen-bond donors (Lipinski definition) is 1. The Balaban J connectivity index is 2.55. The van der Waals surface area contributed by atoms with Crippen LogP contribution in [0.2, 0.25) is 0 Å². The lowest BCUT2D eigenvalue weighted by Crippen LogP contribution is -2.48. The summed E-state index contributed by atoms with van der Waals surface area (Å²) in [6, 6.07) is -4.53. The highest BCUT2D eigenvalue weighted by Gasteiger charge is 2.38. The quantitative estimate of drug-likeness (QED) is 0.921. The van der Waals surface area contributed by atoms with Crippen LogP contribution in [0.15, 0.2) is 12.1 Å². The highest BCUT2D eigenvalue weighted by atomic mass is 16.5. The van der Waals surface area contributed by atoms with E-state index < -0.39 is 78.5 Å². The SMILES string of the molecule is [2H]c1c(OC)c(OC)c([2H])c2c1C([2H])([2H])C([2H])([2H])N1CC([2H])(CC(C)C)C([2H])(O)C([2H])([2H])C21[2H]. The molecule has 0 aromatic heterocycles. The molecule has 1 aromatic carbocycles. The Morgan fingerprint density at radius 3 is 2.74 bits per heavy atom. The van der Waals surface area contributed by atoms with E-state index in [2.05, 4.69) is 0 Å². The molecular weight excluding hydrogens is 290 g/mol. The van der Waals surface area contributed by atoms with Crippen LogP contribution >= 0.6 is 0 Å². The van der Waals surface area contributed by atoms with Crippen LogP contribution in [0.5, 0.6) is 11.5 Å². The molecule has 0 radical (unpaired) electrons. The van der Waals surface area contributed by atoms with Crippen LogP contribution in [-0.4, -0.2) is 43.3 Å². The molecule has 3 rings (SSSR count). The van der Waals surface area contributed by atoms with E-state index >= 15 is 0 Å². The molecule has 23 heavy (non-hydrogen) atoms. The van der Waals surface area contributed by atoms with E-state index in [1.807, 2.05) is 0 Å².